The van der Waals surface area contributed by atoms with Gasteiger partial charge in [-0.3, -0.25) is 0 Å². The fourth-order valence-electron chi connectivity index (χ4n) is 1.28. The minimum Gasteiger partial charge on any atom is -0.463 e. The minimum atomic E-state index is -0.446. The summed E-state index contributed by atoms with van der Waals surface area (Å²) in [7, 11) is 1.34. The van der Waals surface area contributed by atoms with Crippen molar-refractivity contribution in [3.63, 3.8) is 0 Å². The highest BCUT2D eigenvalue weighted by molar-refractivity contribution is 5.87. The highest BCUT2D eigenvalue weighted by atomic mass is 16.5. The lowest BCUT2D eigenvalue weighted by Crippen LogP contribution is -2.03. The van der Waals surface area contributed by atoms with Crippen LogP contribution in [-0.2, 0) is 11.2 Å². The Hall–Kier alpha value is -1.32. The van der Waals surface area contributed by atoms with Gasteiger partial charge in [-0.2, -0.15) is 0 Å². The molecule has 15 heavy (non-hydrogen) atoms. The van der Waals surface area contributed by atoms with Gasteiger partial charge in [-0.1, -0.05) is 27.2 Å². The van der Waals surface area contributed by atoms with Gasteiger partial charge in [0.25, 0.3) is 0 Å². The zero-order valence-electron chi connectivity index (χ0n) is 9.66. The zero-order valence-corrected chi connectivity index (χ0v) is 9.66. The Labute approximate surface area is 89.6 Å². The third kappa shape index (κ3) is 2.58. The SMILES string of the molecule is CCCc1nc(C(C)C)oc1C(=O)OC. The Morgan fingerprint density at radius 2 is 2.20 bits per heavy atom. The van der Waals surface area contributed by atoms with Gasteiger partial charge in [0.2, 0.25) is 5.76 Å². The second-order valence-electron chi connectivity index (χ2n) is 3.72. The third-order valence-corrected chi connectivity index (χ3v) is 2.07. The van der Waals surface area contributed by atoms with Crippen molar-refractivity contribution in [2.45, 2.75) is 39.5 Å². The van der Waals surface area contributed by atoms with Gasteiger partial charge >= 0.3 is 5.97 Å². The number of aryl methyl sites for hydroxylation is 1. The summed E-state index contributed by atoms with van der Waals surface area (Å²) in [6.07, 6.45) is 1.66. The molecule has 1 heterocycles. The quantitative estimate of drug-likeness (QED) is 0.718. The van der Waals surface area contributed by atoms with Crippen molar-refractivity contribution in [1.82, 2.24) is 4.98 Å². The van der Waals surface area contributed by atoms with Gasteiger partial charge in [0, 0.05) is 5.92 Å². The first-order chi connectivity index (χ1) is 7.10. The molecule has 0 N–H and O–H groups in total. The van der Waals surface area contributed by atoms with E-state index >= 15 is 0 Å². The number of rotatable bonds is 4. The van der Waals surface area contributed by atoms with Crippen LogP contribution in [0, 0.1) is 0 Å². The maximum absolute atomic E-state index is 11.4. The van der Waals surface area contributed by atoms with E-state index in [4.69, 9.17) is 4.42 Å². The van der Waals surface area contributed by atoms with Gasteiger partial charge in [-0.05, 0) is 6.42 Å². The van der Waals surface area contributed by atoms with Crippen molar-refractivity contribution in [3.8, 4) is 0 Å². The monoisotopic (exact) mass is 211 g/mol. The van der Waals surface area contributed by atoms with Crippen LogP contribution in [0.2, 0.25) is 0 Å². The Morgan fingerprint density at radius 3 is 2.67 bits per heavy atom. The molecule has 0 bridgehead atoms. The van der Waals surface area contributed by atoms with E-state index in [1.54, 1.807) is 0 Å². The molecule has 0 aliphatic heterocycles. The number of hydrogen-bond donors (Lipinski definition) is 0. The van der Waals surface area contributed by atoms with Crippen LogP contribution in [0.5, 0.6) is 0 Å². The normalized spacial score (nSPS) is 10.7. The lowest BCUT2D eigenvalue weighted by atomic mass is 10.2. The Kier molecular flexibility index (Phi) is 3.88. The lowest BCUT2D eigenvalue weighted by Gasteiger charge is -1.96. The topological polar surface area (TPSA) is 52.3 Å². The Morgan fingerprint density at radius 1 is 1.53 bits per heavy atom. The average molecular weight is 211 g/mol. The van der Waals surface area contributed by atoms with E-state index in [1.807, 2.05) is 20.8 Å². The van der Waals surface area contributed by atoms with Gasteiger partial charge in [-0.25, -0.2) is 9.78 Å². The van der Waals surface area contributed by atoms with Gasteiger partial charge in [0.15, 0.2) is 5.89 Å². The number of oxazole rings is 1. The molecular weight excluding hydrogens is 194 g/mol. The van der Waals surface area contributed by atoms with E-state index < -0.39 is 5.97 Å². The summed E-state index contributed by atoms with van der Waals surface area (Å²) in [5, 5.41) is 0. The van der Waals surface area contributed by atoms with Crippen LogP contribution in [-0.4, -0.2) is 18.1 Å². The summed E-state index contributed by atoms with van der Waals surface area (Å²) in [6, 6.07) is 0. The molecule has 0 unspecified atom stereocenters. The van der Waals surface area contributed by atoms with Crippen LogP contribution in [0.25, 0.3) is 0 Å². The van der Waals surface area contributed by atoms with Crippen molar-refractivity contribution < 1.29 is 13.9 Å². The van der Waals surface area contributed by atoms with Crippen molar-refractivity contribution in [3.05, 3.63) is 17.3 Å². The first-order valence-electron chi connectivity index (χ1n) is 5.18. The fraction of sp³-hybridized carbons (Fsp3) is 0.636. The summed E-state index contributed by atoms with van der Waals surface area (Å²) in [6.45, 7) is 5.98. The number of hydrogen-bond acceptors (Lipinski definition) is 4. The minimum absolute atomic E-state index is 0.180. The third-order valence-electron chi connectivity index (χ3n) is 2.07. The molecule has 0 saturated heterocycles. The molecule has 1 rings (SSSR count). The number of carbonyl (C=O) groups is 1. The van der Waals surface area contributed by atoms with Crippen molar-refractivity contribution in [1.29, 1.82) is 0 Å². The number of nitrogens with zero attached hydrogens (tertiary/aromatic N) is 1. The second-order valence-corrected chi connectivity index (χ2v) is 3.72. The molecule has 4 heteroatoms. The maximum Gasteiger partial charge on any atom is 0.375 e. The first kappa shape index (κ1) is 11.8. The Bertz CT molecular complexity index is 342. The van der Waals surface area contributed by atoms with Crippen LogP contribution in [0.3, 0.4) is 0 Å². The molecule has 0 aliphatic carbocycles. The molecule has 0 atom stereocenters. The van der Waals surface area contributed by atoms with E-state index in [9.17, 15) is 4.79 Å². The van der Waals surface area contributed by atoms with Crippen molar-refractivity contribution in [2.75, 3.05) is 7.11 Å². The fourth-order valence-corrected chi connectivity index (χ4v) is 1.28. The highest BCUT2D eigenvalue weighted by Gasteiger charge is 2.21. The molecule has 0 aromatic carbocycles. The molecule has 1 aromatic heterocycles. The van der Waals surface area contributed by atoms with Crippen LogP contribution in [0.4, 0.5) is 0 Å². The Balaban J connectivity index is 3.05. The summed E-state index contributed by atoms with van der Waals surface area (Å²) in [5.41, 5.74) is 0.702. The molecule has 0 radical (unpaired) electrons. The first-order valence-corrected chi connectivity index (χ1v) is 5.18. The van der Waals surface area contributed by atoms with Crippen LogP contribution >= 0.6 is 0 Å². The van der Waals surface area contributed by atoms with E-state index in [1.165, 1.54) is 7.11 Å². The summed E-state index contributed by atoms with van der Waals surface area (Å²) in [4.78, 5) is 15.7. The van der Waals surface area contributed by atoms with Gasteiger partial charge in [0.1, 0.15) is 0 Å². The predicted octanol–water partition coefficient (Wildman–Crippen LogP) is 2.54. The van der Waals surface area contributed by atoms with E-state index in [0.717, 1.165) is 12.8 Å². The van der Waals surface area contributed by atoms with Gasteiger partial charge in [-0.15, -0.1) is 0 Å². The van der Waals surface area contributed by atoms with E-state index in [2.05, 4.69) is 9.72 Å². The van der Waals surface area contributed by atoms with Gasteiger partial charge < -0.3 is 9.15 Å². The van der Waals surface area contributed by atoms with E-state index in [0.29, 0.717) is 11.6 Å². The number of esters is 1. The lowest BCUT2D eigenvalue weighted by molar-refractivity contribution is 0.0561. The standard InChI is InChI=1S/C11H17NO3/c1-5-6-8-9(11(13)14-4)15-10(12-8)7(2)3/h7H,5-6H2,1-4H3. The number of ether oxygens (including phenoxy) is 1. The highest BCUT2D eigenvalue weighted by Crippen LogP contribution is 2.20. The molecule has 0 amide bonds. The molecule has 0 saturated carbocycles. The van der Waals surface area contributed by atoms with Crippen LogP contribution < -0.4 is 0 Å². The number of methoxy groups -OCH3 is 1. The zero-order chi connectivity index (χ0) is 11.4. The summed E-state index contributed by atoms with van der Waals surface area (Å²) >= 11 is 0. The molecule has 4 nitrogen and oxygen atoms in total. The van der Waals surface area contributed by atoms with Gasteiger partial charge in [0.05, 0.1) is 12.8 Å². The molecule has 84 valence electrons. The van der Waals surface area contributed by atoms with E-state index in [-0.39, 0.29) is 11.7 Å². The van der Waals surface area contributed by atoms with Crippen molar-refractivity contribution >= 4 is 5.97 Å². The molecule has 0 fully saturated rings. The number of carbonyl (C=O) groups excluding carboxylic acids is 1. The molecule has 0 spiro atoms. The van der Waals surface area contributed by atoms with Crippen molar-refractivity contribution in [2.24, 2.45) is 0 Å². The molecule has 1 aromatic rings. The maximum atomic E-state index is 11.4. The van der Waals surface area contributed by atoms with Crippen LogP contribution in [0.1, 0.15) is 55.2 Å². The summed E-state index contributed by atoms with van der Waals surface area (Å²) in [5.74, 6) is 0.582. The second kappa shape index (κ2) is 4.96. The summed E-state index contributed by atoms with van der Waals surface area (Å²) < 4.78 is 10.0. The number of aromatic nitrogens is 1. The molecule has 0 aliphatic rings. The van der Waals surface area contributed by atoms with Crippen LogP contribution in [0.15, 0.2) is 4.42 Å². The molecular formula is C11H17NO3. The largest absolute Gasteiger partial charge is 0.463 e. The average Bonchev–Trinajstić information content (AvgIpc) is 2.61. The smallest absolute Gasteiger partial charge is 0.375 e. The predicted molar refractivity (Wildman–Crippen MR) is 55.9 cm³/mol.